The van der Waals surface area contributed by atoms with Gasteiger partial charge in [0.25, 0.3) is 0 Å². The summed E-state index contributed by atoms with van der Waals surface area (Å²) in [5.41, 5.74) is 18.9. The number of nitrogens with zero attached hydrogens (tertiary/aromatic N) is 10. The van der Waals surface area contributed by atoms with Crippen LogP contribution in [0.4, 0.5) is 0 Å². The Labute approximate surface area is 585 Å². The van der Waals surface area contributed by atoms with Crippen molar-refractivity contribution in [2.45, 2.75) is 52.4 Å². The molecule has 0 unspecified atom stereocenters. The van der Waals surface area contributed by atoms with E-state index in [9.17, 15) is 0 Å². The zero-order chi connectivity index (χ0) is 68.1. The van der Waals surface area contributed by atoms with Gasteiger partial charge in [0.1, 0.15) is 0 Å². The monoisotopic (exact) mass is 1350 g/mol. The zero-order valence-electron chi connectivity index (χ0n) is 57.0. The van der Waals surface area contributed by atoms with Crippen LogP contribution in [0.2, 0.25) is 52.4 Å². The summed E-state index contributed by atoms with van der Waals surface area (Å²) in [6.45, 7) is 21.3. The van der Waals surface area contributed by atoms with E-state index in [1.54, 1.807) is 0 Å². The van der Waals surface area contributed by atoms with Crippen LogP contribution in [0.3, 0.4) is 0 Å². The third kappa shape index (κ3) is 9.82. The zero-order valence-corrected chi connectivity index (χ0v) is 61.0. The first-order chi connectivity index (χ1) is 48.7. The van der Waals surface area contributed by atoms with E-state index in [-0.39, 0.29) is 0 Å². The van der Waals surface area contributed by atoms with Crippen molar-refractivity contribution in [3.05, 3.63) is 280 Å². The number of hydrogen-bond donors (Lipinski definition) is 0. The molecule has 17 rings (SSSR count). The van der Waals surface area contributed by atoms with E-state index < -0.39 is 30.4 Å². The normalized spacial score (nSPS) is 14.3. The van der Waals surface area contributed by atoms with Crippen molar-refractivity contribution < 1.29 is 0 Å². The standard InChI is InChI=1S/C86H70N10Si4/c1-97(2)73-50-56(55-28-27-38-87-54-55)77(67-32-12-21-42-91-67)81-60(73)48-61-75(52-57(64-29-9-18-39-88-64)78(68-33-13-22-43-92-68)82(61)85(81)71-36-16-25-46-95-71)99(5,6)100(7,8)76-53-59(66-31-11-20-41-90-66)80(70-35-15-24-45-94-70)84-63(76)49-62-74(98(97,3)4)51-58(65-30-10-19-40-89-65)79(69-34-14-23-44-93-69)83(62)86(84)72-37-17-26-47-96-72/h9-54H,1-8H3. The average molecular weight is 1360 g/mol. The lowest BCUT2D eigenvalue weighted by Gasteiger charge is -2.44. The highest BCUT2D eigenvalue weighted by atomic mass is 29.3. The summed E-state index contributed by atoms with van der Waals surface area (Å²) in [5.74, 6) is 0. The molecule has 0 saturated carbocycles. The van der Waals surface area contributed by atoms with Crippen LogP contribution in [-0.4, -0.2) is 80.2 Å². The van der Waals surface area contributed by atoms with E-state index >= 15 is 0 Å². The van der Waals surface area contributed by atoms with E-state index in [0.29, 0.717) is 0 Å². The molecule has 1 aliphatic rings. The molecule has 14 heteroatoms. The topological polar surface area (TPSA) is 129 Å². The Morgan fingerprint density at radius 1 is 0.210 bits per heavy atom. The van der Waals surface area contributed by atoms with E-state index in [1.807, 2.05) is 123 Å². The van der Waals surface area contributed by atoms with Crippen LogP contribution in [0.25, 0.3) is 156 Å². The molecule has 100 heavy (non-hydrogen) atoms. The van der Waals surface area contributed by atoms with Crippen molar-refractivity contribution in [2.24, 2.45) is 0 Å². The molecule has 4 bridgehead atoms. The van der Waals surface area contributed by atoms with Crippen molar-refractivity contribution in [3.63, 3.8) is 0 Å². The molecule has 6 aromatic carbocycles. The van der Waals surface area contributed by atoms with Crippen LogP contribution in [0, 0.1) is 0 Å². The molecule has 0 N–H and O–H groups in total. The summed E-state index contributed by atoms with van der Waals surface area (Å²) < 4.78 is 0. The number of benzene rings is 6. The minimum Gasteiger partial charge on any atom is -0.264 e. The number of aromatic nitrogens is 10. The average Bonchev–Trinajstić information content (AvgIpc) is 0.682. The predicted molar refractivity (Wildman–Crippen MR) is 424 cm³/mol. The molecular formula is C86H70N10Si4. The molecule has 0 radical (unpaired) electrons. The number of rotatable bonds is 10. The second-order valence-electron chi connectivity index (χ2n) is 28.3. The van der Waals surface area contributed by atoms with Crippen LogP contribution in [-0.2, 0) is 0 Å². The maximum atomic E-state index is 5.55. The Balaban J connectivity index is 1.20. The van der Waals surface area contributed by atoms with Gasteiger partial charge >= 0.3 is 0 Å². The lowest BCUT2D eigenvalue weighted by molar-refractivity contribution is 1.30. The molecule has 10 nitrogen and oxygen atoms in total. The SMILES string of the molecule is C[Si]1(C)c2cc(-c3cccnc3)c(-c3ccccn3)c3c(-c4ccccn4)c4c(-c5ccccn5)c(-c5ccccn5)cc(c4cc23)[Si](C)(C)[Si](C)(C)c2cc(-c3ccccn3)c(-c3ccccn3)c3c(-c4ccccn4)c4c(-c5ccccn5)c(-c5ccccn5)cc(c4cc23)[Si]1(C)C. The molecule has 0 saturated heterocycles. The highest BCUT2D eigenvalue weighted by Gasteiger charge is 2.50. The van der Waals surface area contributed by atoms with Gasteiger partial charge in [-0.05, 0) is 155 Å². The molecule has 0 amide bonds. The fraction of sp³-hybridized carbons (Fsp3) is 0.0930. The first kappa shape index (κ1) is 62.3. The lowest BCUT2D eigenvalue weighted by Crippen LogP contribution is -2.70. The van der Waals surface area contributed by atoms with Gasteiger partial charge in [-0.1, -0.05) is 158 Å². The number of hydrogen-bond acceptors (Lipinski definition) is 10. The molecule has 11 heterocycles. The van der Waals surface area contributed by atoms with Gasteiger partial charge in [-0.15, -0.1) is 0 Å². The Morgan fingerprint density at radius 2 is 0.440 bits per heavy atom. The largest absolute Gasteiger partial charge is 0.264 e. The fourth-order valence-corrected chi connectivity index (χ4v) is 34.7. The van der Waals surface area contributed by atoms with Gasteiger partial charge in [-0.3, -0.25) is 49.8 Å². The van der Waals surface area contributed by atoms with Crippen LogP contribution < -0.4 is 20.7 Å². The molecule has 0 atom stereocenters. The molecule has 480 valence electrons. The van der Waals surface area contributed by atoms with Gasteiger partial charge in [0, 0.05) is 145 Å². The molecule has 0 aliphatic carbocycles. The molecule has 0 fully saturated rings. The second kappa shape index (κ2) is 24.3. The number of pyridine rings is 10. The van der Waals surface area contributed by atoms with E-state index in [1.165, 1.54) is 42.3 Å². The van der Waals surface area contributed by atoms with Crippen molar-refractivity contribution in [1.82, 2.24) is 49.8 Å². The minimum absolute atomic E-state index is 0.846. The summed E-state index contributed by atoms with van der Waals surface area (Å²) in [4.78, 5) is 53.5. The van der Waals surface area contributed by atoms with Gasteiger partial charge in [0.05, 0.1) is 81.6 Å². The van der Waals surface area contributed by atoms with Gasteiger partial charge in [-0.25, -0.2) is 0 Å². The van der Waals surface area contributed by atoms with Crippen molar-refractivity contribution >= 4 is 94.2 Å². The van der Waals surface area contributed by atoms with Crippen LogP contribution in [0.15, 0.2) is 280 Å². The first-order valence-corrected chi connectivity index (χ1v) is 48.2. The highest BCUT2D eigenvalue weighted by Crippen LogP contribution is 2.53. The quantitative estimate of drug-likeness (QED) is 0.0964. The molecule has 16 aromatic rings. The summed E-state index contributed by atoms with van der Waals surface area (Å²) in [6, 6.07) is 76.7. The molecule has 0 spiro atoms. The predicted octanol–water partition coefficient (Wildman–Crippen LogP) is 18.5. The summed E-state index contributed by atoms with van der Waals surface area (Å²) in [7, 11) is -12.2. The Hall–Kier alpha value is -11.3. The van der Waals surface area contributed by atoms with E-state index in [0.717, 1.165) is 134 Å². The van der Waals surface area contributed by atoms with Crippen molar-refractivity contribution in [1.29, 1.82) is 0 Å². The van der Waals surface area contributed by atoms with E-state index in [2.05, 4.69) is 210 Å². The highest BCUT2D eigenvalue weighted by molar-refractivity contribution is 7.51. The van der Waals surface area contributed by atoms with Gasteiger partial charge in [0.15, 0.2) is 0 Å². The molecule has 1 aliphatic heterocycles. The van der Waals surface area contributed by atoms with Crippen LogP contribution >= 0.6 is 0 Å². The lowest BCUT2D eigenvalue weighted by atomic mass is 9.83. The van der Waals surface area contributed by atoms with Gasteiger partial charge < -0.3 is 0 Å². The smallest absolute Gasteiger partial charge is 0.0800 e. The molecular weight excluding hydrogens is 1290 g/mol. The minimum atomic E-state index is -3.05. The van der Waals surface area contributed by atoms with Gasteiger partial charge in [-0.2, -0.15) is 0 Å². The molecule has 10 aromatic heterocycles. The Kier molecular flexibility index (Phi) is 15.1. The fourth-order valence-electron chi connectivity index (χ4n) is 15.9. The van der Waals surface area contributed by atoms with E-state index in [4.69, 9.17) is 49.8 Å². The van der Waals surface area contributed by atoms with Crippen LogP contribution in [0.5, 0.6) is 0 Å². The second-order valence-corrected chi connectivity index (χ2v) is 58.4. The van der Waals surface area contributed by atoms with Gasteiger partial charge in [0.2, 0.25) is 0 Å². The van der Waals surface area contributed by atoms with Crippen molar-refractivity contribution in [2.75, 3.05) is 0 Å². The van der Waals surface area contributed by atoms with Crippen LogP contribution in [0.1, 0.15) is 0 Å². The maximum absolute atomic E-state index is 5.55. The summed E-state index contributed by atoms with van der Waals surface area (Å²) >= 11 is 0. The third-order valence-corrected chi connectivity index (χ3v) is 57.5. The summed E-state index contributed by atoms with van der Waals surface area (Å²) in [5, 5.41) is 14.5. The third-order valence-electron chi connectivity index (χ3n) is 22.2. The Bertz CT molecular complexity index is 5170. The van der Waals surface area contributed by atoms with Crippen molar-refractivity contribution in [3.8, 4) is 112 Å². The Morgan fingerprint density at radius 3 is 0.670 bits per heavy atom. The maximum Gasteiger partial charge on any atom is 0.0800 e. The first-order valence-electron chi connectivity index (χ1n) is 34.2. The summed E-state index contributed by atoms with van der Waals surface area (Å²) in [6.07, 6.45) is 21.3.